The van der Waals surface area contributed by atoms with Crippen molar-refractivity contribution >= 4 is 11.6 Å². The minimum atomic E-state index is 0.0503. The van der Waals surface area contributed by atoms with Gasteiger partial charge in [-0.1, -0.05) is 6.92 Å². The molecule has 5 heteroatoms. The summed E-state index contributed by atoms with van der Waals surface area (Å²) in [6.07, 6.45) is 0. The Morgan fingerprint density at radius 2 is 2.00 bits per heavy atom. The van der Waals surface area contributed by atoms with Crippen LogP contribution in [-0.4, -0.2) is 43.1 Å². The molecule has 1 rings (SSSR count). The molecule has 0 atom stereocenters. The van der Waals surface area contributed by atoms with Gasteiger partial charge >= 0.3 is 0 Å². The Bertz CT molecular complexity index is 404. The SMILES string of the molecule is CCN(CCOc1ccc(N)cc1)CC(=O)NC(C)C. The lowest BCUT2D eigenvalue weighted by molar-refractivity contribution is -0.122. The first kappa shape index (κ1) is 16.3. The molecule has 0 bridgehead atoms. The molecule has 0 heterocycles. The maximum Gasteiger partial charge on any atom is 0.234 e. The fourth-order valence-electron chi connectivity index (χ4n) is 1.78. The van der Waals surface area contributed by atoms with Crippen molar-refractivity contribution in [2.24, 2.45) is 0 Å². The second-order valence-corrected chi connectivity index (χ2v) is 5.01. The highest BCUT2D eigenvalue weighted by Gasteiger charge is 2.09. The fourth-order valence-corrected chi connectivity index (χ4v) is 1.78. The molecule has 0 saturated carbocycles. The van der Waals surface area contributed by atoms with E-state index in [1.807, 2.05) is 45.0 Å². The van der Waals surface area contributed by atoms with Crippen LogP contribution in [0, 0.1) is 0 Å². The first-order chi connectivity index (χ1) is 9.51. The molecular weight excluding hydrogens is 254 g/mol. The molecule has 1 aromatic carbocycles. The van der Waals surface area contributed by atoms with Crippen LogP contribution in [0.5, 0.6) is 5.75 Å². The smallest absolute Gasteiger partial charge is 0.234 e. The van der Waals surface area contributed by atoms with E-state index in [-0.39, 0.29) is 11.9 Å². The summed E-state index contributed by atoms with van der Waals surface area (Å²) in [6, 6.07) is 7.48. The molecule has 1 aromatic rings. The van der Waals surface area contributed by atoms with E-state index in [4.69, 9.17) is 10.5 Å². The first-order valence-corrected chi connectivity index (χ1v) is 7.01. The summed E-state index contributed by atoms with van der Waals surface area (Å²) >= 11 is 0. The lowest BCUT2D eigenvalue weighted by Crippen LogP contribution is -2.41. The van der Waals surface area contributed by atoms with E-state index in [0.29, 0.717) is 19.7 Å². The third kappa shape index (κ3) is 6.43. The predicted molar refractivity (Wildman–Crippen MR) is 81.7 cm³/mol. The average molecular weight is 279 g/mol. The van der Waals surface area contributed by atoms with E-state index in [0.717, 1.165) is 18.0 Å². The van der Waals surface area contributed by atoms with Gasteiger partial charge in [-0.15, -0.1) is 0 Å². The highest BCUT2D eigenvalue weighted by molar-refractivity contribution is 5.78. The van der Waals surface area contributed by atoms with Gasteiger partial charge < -0.3 is 15.8 Å². The summed E-state index contributed by atoms with van der Waals surface area (Å²) in [5.41, 5.74) is 6.33. The molecule has 0 fully saturated rings. The molecule has 0 aliphatic heterocycles. The molecule has 0 radical (unpaired) electrons. The number of ether oxygens (including phenoxy) is 1. The number of amides is 1. The second kappa shape index (κ2) is 8.43. The van der Waals surface area contributed by atoms with Crippen LogP contribution in [0.2, 0.25) is 0 Å². The Balaban J connectivity index is 2.30. The molecule has 112 valence electrons. The van der Waals surface area contributed by atoms with E-state index >= 15 is 0 Å². The number of anilines is 1. The van der Waals surface area contributed by atoms with Crippen molar-refractivity contribution in [1.29, 1.82) is 0 Å². The van der Waals surface area contributed by atoms with Crippen molar-refractivity contribution in [2.45, 2.75) is 26.8 Å². The van der Waals surface area contributed by atoms with Gasteiger partial charge in [0.15, 0.2) is 0 Å². The second-order valence-electron chi connectivity index (χ2n) is 5.01. The number of benzene rings is 1. The van der Waals surface area contributed by atoms with E-state index in [9.17, 15) is 4.79 Å². The fraction of sp³-hybridized carbons (Fsp3) is 0.533. The van der Waals surface area contributed by atoms with Gasteiger partial charge in [-0.05, 0) is 44.7 Å². The zero-order valence-corrected chi connectivity index (χ0v) is 12.6. The van der Waals surface area contributed by atoms with E-state index in [2.05, 4.69) is 10.2 Å². The number of rotatable bonds is 8. The Morgan fingerprint density at radius 1 is 1.35 bits per heavy atom. The summed E-state index contributed by atoms with van der Waals surface area (Å²) in [6.45, 7) is 8.43. The number of nitrogen functional groups attached to an aromatic ring is 1. The first-order valence-electron chi connectivity index (χ1n) is 7.01. The standard InChI is InChI=1S/C15H25N3O2/c1-4-18(11-15(19)17-12(2)3)9-10-20-14-7-5-13(16)6-8-14/h5-8,12H,4,9-11,16H2,1-3H3,(H,17,19). The van der Waals surface area contributed by atoms with Crippen molar-refractivity contribution in [3.63, 3.8) is 0 Å². The quantitative estimate of drug-likeness (QED) is 0.708. The number of likely N-dealkylation sites (N-methyl/N-ethyl adjacent to an activating group) is 1. The average Bonchev–Trinajstić information content (AvgIpc) is 2.39. The van der Waals surface area contributed by atoms with E-state index < -0.39 is 0 Å². The van der Waals surface area contributed by atoms with Gasteiger partial charge in [0.05, 0.1) is 6.54 Å². The number of nitrogens with two attached hydrogens (primary N) is 1. The number of carbonyl (C=O) groups excluding carboxylic acids is 1. The zero-order valence-electron chi connectivity index (χ0n) is 12.6. The van der Waals surface area contributed by atoms with Crippen LogP contribution in [0.15, 0.2) is 24.3 Å². The summed E-state index contributed by atoms with van der Waals surface area (Å²) in [7, 11) is 0. The van der Waals surface area contributed by atoms with Gasteiger partial charge in [-0.25, -0.2) is 0 Å². The molecule has 0 spiro atoms. The zero-order chi connectivity index (χ0) is 15.0. The highest BCUT2D eigenvalue weighted by atomic mass is 16.5. The van der Waals surface area contributed by atoms with Crippen molar-refractivity contribution in [1.82, 2.24) is 10.2 Å². The van der Waals surface area contributed by atoms with Crippen LogP contribution in [0.25, 0.3) is 0 Å². The Labute approximate surface area is 121 Å². The third-order valence-corrected chi connectivity index (χ3v) is 2.82. The molecule has 3 N–H and O–H groups in total. The van der Waals surface area contributed by atoms with Gasteiger partial charge in [0.2, 0.25) is 5.91 Å². The van der Waals surface area contributed by atoms with E-state index in [1.54, 1.807) is 0 Å². The Kier molecular flexibility index (Phi) is 6.87. The molecule has 0 aromatic heterocycles. The normalized spacial score (nSPS) is 10.8. The van der Waals surface area contributed by atoms with Crippen LogP contribution >= 0.6 is 0 Å². The van der Waals surface area contributed by atoms with Crippen LogP contribution in [0.3, 0.4) is 0 Å². The number of hydrogen-bond acceptors (Lipinski definition) is 4. The van der Waals surface area contributed by atoms with Crippen LogP contribution < -0.4 is 15.8 Å². The number of carbonyl (C=O) groups is 1. The molecule has 0 aliphatic carbocycles. The summed E-state index contributed by atoms with van der Waals surface area (Å²) < 4.78 is 5.63. The Hall–Kier alpha value is -1.75. The number of nitrogens with one attached hydrogen (secondary N) is 1. The molecule has 0 saturated heterocycles. The monoisotopic (exact) mass is 279 g/mol. The lowest BCUT2D eigenvalue weighted by atomic mass is 10.3. The molecule has 1 amide bonds. The van der Waals surface area contributed by atoms with Gasteiger partial charge in [-0.2, -0.15) is 0 Å². The van der Waals surface area contributed by atoms with Gasteiger partial charge in [0.25, 0.3) is 0 Å². The maximum atomic E-state index is 11.7. The summed E-state index contributed by atoms with van der Waals surface area (Å²) in [4.78, 5) is 13.7. The van der Waals surface area contributed by atoms with Crippen molar-refractivity contribution in [3.8, 4) is 5.75 Å². The predicted octanol–water partition coefficient (Wildman–Crippen LogP) is 1.49. The highest BCUT2D eigenvalue weighted by Crippen LogP contribution is 2.12. The molecule has 0 unspecified atom stereocenters. The van der Waals surface area contributed by atoms with E-state index in [1.165, 1.54) is 0 Å². The minimum absolute atomic E-state index is 0.0503. The maximum absolute atomic E-state index is 11.7. The minimum Gasteiger partial charge on any atom is -0.492 e. The van der Waals surface area contributed by atoms with Crippen molar-refractivity contribution < 1.29 is 9.53 Å². The topological polar surface area (TPSA) is 67.6 Å². The van der Waals surface area contributed by atoms with Gasteiger partial charge in [0.1, 0.15) is 12.4 Å². The number of nitrogens with zero attached hydrogens (tertiary/aromatic N) is 1. The van der Waals surface area contributed by atoms with Crippen molar-refractivity contribution in [2.75, 3.05) is 32.0 Å². The van der Waals surface area contributed by atoms with Gasteiger partial charge in [-0.3, -0.25) is 9.69 Å². The summed E-state index contributed by atoms with van der Waals surface area (Å²) in [5, 5.41) is 2.89. The molecule has 0 aliphatic rings. The van der Waals surface area contributed by atoms with Crippen molar-refractivity contribution in [3.05, 3.63) is 24.3 Å². The van der Waals surface area contributed by atoms with Crippen LogP contribution in [-0.2, 0) is 4.79 Å². The Morgan fingerprint density at radius 3 is 2.55 bits per heavy atom. The third-order valence-electron chi connectivity index (χ3n) is 2.82. The molecule has 5 nitrogen and oxygen atoms in total. The van der Waals surface area contributed by atoms with Gasteiger partial charge in [0, 0.05) is 18.3 Å². The van der Waals surface area contributed by atoms with Crippen LogP contribution in [0.1, 0.15) is 20.8 Å². The largest absolute Gasteiger partial charge is 0.492 e. The number of hydrogen-bond donors (Lipinski definition) is 2. The molecular formula is C15H25N3O2. The lowest BCUT2D eigenvalue weighted by Gasteiger charge is -2.20. The molecule has 20 heavy (non-hydrogen) atoms. The van der Waals surface area contributed by atoms with Crippen LogP contribution in [0.4, 0.5) is 5.69 Å². The summed E-state index contributed by atoms with van der Waals surface area (Å²) in [5.74, 6) is 0.844.